The van der Waals surface area contributed by atoms with E-state index in [1.54, 1.807) is 0 Å². The van der Waals surface area contributed by atoms with Gasteiger partial charge in [0, 0.05) is 17.0 Å². The van der Waals surface area contributed by atoms with E-state index in [1.165, 1.54) is 12.8 Å². The molecule has 0 heterocycles. The Balaban J connectivity index is 1.56. The Morgan fingerprint density at radius 2 is 1.71 bits per heavy atom. The van der Waals surface area contributed by atoms with Crippen LogP contribution in [0.4, 0.5) is 0 Å². The van der Waals surface area contributed by atoms with Gasteiger partial charge >= 0.3 is 11.9 Å². The molecule has 4 rings (SSSR count). The van der Waals surface area contributed by atoms with Crippen molar-refractivity contribution in [3.8, 4) is 0 Å². The van der Waals surface area contributed by atoms with Crippen LogP contribution in [0, 0.1) is 17.8 Å². The van der Waals surface area contributed by atoms with Gasteiger partial charge in [-0.2, -0.15) is 0 Å². The van der Waals surface area contributed by atoms with Crippen LogP contribution in [0.1, 0.15) is 42.7 Å². The number of halogens is 1. The number of carbonyl (C=O) groups is 2. The Morgan fingerprint density at radius 3 is 2.35 bits per heavy atom. The van der Waals surface area contributed by atoms with Crippen molar-refractivity contribution in [1.82, 2.24) is 0 Å². The van der Waals surface area contributed by atoms with Gasteiger partial charge in [0.1, 0.15) is 6.61 Å². The molecule has 31 heavy (non-hydrogen) atoms. The van der Waals surface area contributed by atoms with Crippen LogP contribution in [-0.2, 0) is 25.7 Å². The lowest BCUT2D eigenvalue weighted by Crippen LogP contribution is -2.43. The summed E-state index contributed by atoms with van der Waals surface area (Å²) >= 11 is 3.45. The van der Waals surface area contributed by atoms with Gasteiger partial charge in [-0.15, -0.1) is 0 Å². The van der Waals surface area contributed by atoms with Gasteiger partial charge in [0.05, 0.1) is 17.9 Å². The van der Waals surface area contributed by atoms with Crippen LogP contribution < -0.4 is 0 Å². The molecule has 1 N–H and O–H groups in total. The molecule has 0 spiro atoms. The van der Waals surface area contributed by atoms with Crippen molar-refractivity contribution < 1.29 is 24.2 Å². The number of esters is 1. The lowest BCUT2D eigenvalue weighted by atomic mass is 9.68. The first-order valence-electron chi connectivity index (χ1n) is 10.8. The number of carbonyl (C=O) groups excluding carboxylic acids is 1. The number of aliphatic carboxylic acids is 1. The summed E-state index contributed by atoms with van der Waals surface area (Å²) in [7, 11) is 0. The summed E-state index contributed by atoms with van der Waals surface area (Å²) in [6.07, 6.45) is 3.14. The zero-order valence-corrected chi connectivity index (χ0v) is 18.9. The third-order valence-corrected chi connectivity index (χ3v) is 6.81. The van der Waals surface area contributed by atoms with Crippen LogP contribution in [0.15, 0.2) is 59.1 Å². The minimum absolute atomic E-state index is 0.136. The molecular formula is C25H27BrO5. The summed E-state index contributed by atoms with van der Waals surface area (Å²) in [4.78, 5) is 25.4. The predicted octanol–water partition coefficient (Wildman–Crippen LogP) is 5.18. The Morgan fingerprint density at radius 1 is 1.00 bits per heavy atom. The first-order valence-corrected chi connectivity index (χ1v) is 11.6. The number of carboxylic acid groups (broad SMARTS) is 1. The lowest BCUT2D eigenvalue weighted by Gasteiger charge is -2.39. The summed E-state index contributed by atoms with van der Waals surface area (Å²) in [5.41, 5.74) is 1.82. The highest BCUT2D eigenvalue weighted by Crippen LogP contribution is 2.44. The zero-order chi connectivity index (χ0) is 21.8. The number of rotatable bonds is 8. The average molecular weight is 487 g/mol. The summed E-state index contributed by atoms with van der Waals surface area (Å²) < 4.78 is 12.6. The van der Waals surface area contributed by atoms with E-state index >= 15 is 0 Å². The van der Waals surface area contributed by atoms with E-state index in [1.807, 2.05) is 54.6 Å². The van der Waals surface area contributed by atoms with E-state index in [2.05, 4.69) is 15.9 Å². The number of hydrogen-bond acceptors (Lipinski definition) is 4. The van der Waals surface area contributed by atoms with E-state index in [-0.39, 0.29) is 18.6 Å². The van der Waals surface area contributed by atoms with Crippen LogP contribution in [0.5, 0.6) is 0 Å². The molecule has 2 aliphatic rings. The largest absolute Gasteiger partial charge is 0.481 e. The Hall–Kier alpha value is -2.18. The Labute approximate surface area is 190 Å². The molecule has 6 heteroatoms. The maximum Gasteiger partial charge on any atom is 0.310 e. The van der Waals surface area contributed by atoms with Crippen LogP contribution in [-0.4, -0.2) is 29.8 Å². The van der Waals surface area contributed by atoms with Crippen molar-refractivity contribution in [3.05, 3.63) is 70.2 Å². The molecule has 0 unspecified atom stereocenters. The second-order valence-corrected chi connectivity index (χ2v) is 9.51. The zero-order valence-electron chi connectivity index (χ0n) is 17.3. The molecule has 4 atom stereocenters. The number of ether oxygens (including phenoxy) is 2. The Kier molecular flexibility index (Phi) is 7.08. The van der Waals surface area contributed by atoms with Crippen LogP contribution in [0.2, 0.25) is 0 Å². The maximum absolute atomic E-state index is 13.2. The van der Waals surface area contributed by atoms with Crippen molar-refractivity contribution in [2.45, 2.75) is 44.3 Å². The average Bonchev–Trinajstić information content (AvgIpc) is 3.61. The summed E-state index contributed by atoms with van der Waals surface area (Å²) in [5.74, 6) is -2.68. The third kappa shape index (κ3) is 5.74. The molecule has 0 saturated heterocycles. The predicted molar refractivity (Wildman–Crippen MR) is 119 cm³/mol. The quantitative estimate of drug-likeness (QED) is 0.520. The highest BCUT2D eigenvalue weighted by Gasteiger charge is 2.47. The molecule has 2 saturated carbocycles. The smallest absolute Gasteiger partial charge is 0.310 e. The van der Waals surface area contributed by atoms with Crippen molar-refractivity contribution in [3.63, 3.8) is 0 Å². The van der Waals surface area contributed by atoms with Crippen molar-refractivity contribution in [2.75, 3.05) is 6.61 Å². The molecule has 0 amide bonds. The molecule has 164 valence electrons. The van der Waals surface area contributed by atoms with Gasteiger partial charge in [-0.25, -0.2) is 0 Å². The molecule has 0 radical (unpaired) electrons. The molecule has 2 aliphatic carbocycles. The molecule has 0 bridgehead atoms. The monoisotopic (exact) mass is 486 g/mol. The molecule has 0 aliphatic heterocycles. The fourth-order valence-electron chi connectivity index (χ4n) is 4.39. The van der Waals surface area contributed by atoms with Gasteiger partial charge in [0.2, 0.25) is 0 Å². The molecule has 5 nitrogen and oxygen atoms in total. The first-order chi connectivity index (χ1) is 15.0. The van der Waals surface area contributed by atoms with E-state index in [9.17, 15) is 14.7 Å². The minimum Gasteiger partial charge on any atom is -0.481 e. The molecule has 2 fully saturated rings. The van der Waals surface area contributed by atoms with Crippen LogP contribution in [0.25, 0.3) is 0 Å². The molecule has 2 aromatic carbocycles. The van der Waals surface area contributed by atoms with Gasteiger partial charge in [-0.3, -0.25) is 9.59 Å². The standard InChI is InChI=1S/C25H27BrO5/c26-19-10-8-18(9-11-19)21-12-20(30-14-17-6-7-17)13-22(24(27)28)23(21)25(29)31-15-16-4-2-1-3-5-16/h1-5,8-11,17,20-23H,6-7,12-15H2,(H,27,28)/t20-,21-,22-,23-/m1/s1. The van der Waals surface area contributed by atoms with E-state index < -0.39 is 23.8 Å². The van der Waals surface area contributed by atoms with E-state index in [0.29, 0.717) is 25.4 Å². The van der Waals surface area contributed by atoms with Gasteiger partial charge in [-0.05, 0) is 54.9 Å². The molecular weight excluding hydrogens is 460 g/mol. The van der Waals surface area contributed by atoms with Crippen molar-refractivity contribution in [2.24, 2.45) is 17.8 Å². The van der Waals surface area contributed by atoms with Gasteiger partial charge in [0.25, 0.3) is 0 Å². The fraction of sp³-hybridized carbons (Fsp3) is 0.440. The topological polar surface area (TPSA) is 72.8 Å². The van der Waals surface area contributed by atoms with Crippen LogP contribution >= 0.6 is 15.9 Å². The van der Waals surface area contributed by atoms with Crippen molar-refractivity contribution >= 4 is 27.9 Å². The van der Waals surface area contributed by atoms with E-state index in [0.717, 1.165) is 15.6 Å². The number of hydrogen-bond donors (Lipinski definition) is 1. The second kappa shape index (κ2) is 9.96. The maximum atomic E-state index is 13.2. The molecule has 0 aromatic heterocycles. The number of benzene rings is 2. The van der Waals surface area contributed by atoms with Gasteiger partial charge < -0.3 is 14.6 Å². The first kappa shape index (κ1) is 22.0. The second-order valence-electron chi connectivity index (χ2n) is 8.59. The SMILES string of the molecule is O=C(OCc1ccccc1)[C@@H]1[C@@H](c2ccc(Br)cc2)C[C@@H](OCC2CC2)C[C@H]1C(=O)O. The normalized spacial score (nSPS) is 25.7. The highest BCUT2D eigenvalue weighted by molar-refractivity contribution is 9.10. The number of carboxylic acids is 1. The Bertz CT molecular complexity index is 894. The highest BCUT2D eigenvalue weighted by atomic mass is 79.9. The fourth-order valence-corrected chi connectivity index (χ4v) is 4.65. The van der Waals surface area contributed by atoms with Gasteiger partial charge in [0.15, 0.2) is 0 Å². The molecule has 2 aromatic rings. The summed E-state index contributed by atoms with van der Waals surface area (Å²) in [6, 6.07) is 17.2. The summed E-state index contributed by atoms with van der Waals surface area (Å²) in [5, 5.41) is 9.99. The third-order valence-electron chi connectivity index (χ3n) is 6.28. The minimum atomic E-state index is -0.969. The summed E-state index contributed by atoms with van der Waals surface area (Å²) in [6.45, 7) is 0.810. The van der Waals surface area contributed by atoms with Crippen molar-refractivity contribution in [1.29, 1.82) is 0 Å². The van der Waals surface area contributed by atoms with Crippen LogP contribution in [0.3, 0.4) is 0 Å². The van der Waals surface area contributed by atoms with Gasteiger partial charge in [-0.1, -0.05) is 58.4 Å². The lowest BCUT2D eigenvalue weighted by molar-refractivity contribution is -0.165. The van der Waals surface area contributed by atoms with E-state index in [4.69, 9.17) is 9.47 Å².